The molecule has 7 nitrogen and oxygen atoms in total. The third kappa shape index (κ3) is 3.75. The molecule has 0 saturated heterocycles. The van der Waals surface area contributed by atoms with Crippen molar-refractivity contribution in [2.45, 2.75) is 32.2 Å². The van der Waals surface area contributed by atoms with Crippen molar-refractivity contribution in [2.24, 2.45) is 7.05 Å². The zero-order chi connectivity index (χ0) is 16.1. The molecule has 118 valence electrons. The van der Waals surface area contributed by atoms with E-state index in [1.807, 2.05) is 6.92 Å². The molecule has 7 heteroatoms. The van der Waals surface area contributed by atoms with Crippen LogP contribution in [0.15, 0.2) is 28.9 Å². The zero-order valence-electron chi connectivity index (χ0n) is 12.6. The van der Waals surface area contributed by atoms with E-state index in [-0.39, 0.29) is 12.3 Å². The van der Waals surface area contributed by atoms with Gasteiger partial charge < -0.3 is 14.8 Å². The normalized spacial score (nSPS) is 12.1. The number of carboxylic acid groups (broad SMARTS) is 1. The summed E-state index contributed by atoms with van der Waals surface area (Å²) in [6, 6.07) is 4.29. The number of carbonyl (C=O) groups excluding carboxylic acids is 1. The van der Waals surface area contributed by atoms with Gasteiger partial charge in [-0.05, 0) is 24.6 Å². The molecule has 0 aromatic carbocycles. The van der Waals surface area contributed by atoms with Crippen LogP contribution in [-0.2, 0) is 18.3 Å². The van der Waals surface area contributed by atoms with Crippen LogP contribution in [0.3, 0.4) is 0 Å². The van der Waals surface area contributed by atoms with E-state index in [2.05, 4.69) is 10.4 Å². The second-order valence-electron chi connectivity index (χ2n) is 5.03. The van der Waals surface area contributed by atoms with Gasteiger partial charge >= 0.3 is 5.97 Å². The molecule has 2 aromatic rings. The van der Waals surface area contributed by atoms with Crippen LogP contribution >= 0.6 is 0 Å². The average Bonchev–Trinajstić information content (AvgIpc) is 3.07. The second kappa shape index (κ2) is 6.93. The van der Waals surface area contributed by atoms with Crippen LogP contribution in [0.1, 0.15) is 47.7 Å². The molecule has 0 bridgehead atoms. The Hall–Kier alpha value is -2.57. The van der Waals surface area contributed by atoms with Gasteiger partial charge in [-0.3, -0.25) is 14.3 Å². The van der Waals surface area contributed by atoms with Crippen LogP contribution in [0.25, 0.3) is 0 Å². The molecule has 0 aliphatic carbocycles. The van der Waals surface area contributed by atoms with Crippen molar-refractivity contribution >= 4 is 11.9 Å². The van der Waals surface area contributed by atoms with Gasteiger partial charge in [0.15, 0.2) is 0 Å². The molecule has 0 aliphatic rings. The number of nitrogens with one attached hydrogen (secondary N) is 1. The number of aromatic nitrogens is 2. The highest BCUT2D eigenvalue weighted by Crippen LogP contribution is 2.18. The highest BCUT2D eigenvalue weighted by atomic mass is 16.4. The fraction of sp³-hybridized carbons (Fsp3) is 0.400. The number of aryl methyl sites for hydroxylation is 2. The fourth-order valence-electron chi connectivity index (χ4n) is 2.24. The number of rotatable bonds is 7. The first-order chi connectivity index (χ1) is 10.5. The highest BCUT2D eigenvalue weighted by molar-refractivity contribution is 5.93. The lowest BCUT2D eigenvalue weighted by Gasteiger charge is -2.14. The molecule has 0 spiro atoms. The average molecular weight is 305 g/mol. The Morgan fingerprint density at radius 1 is 1.50 bits per heavy atom. The Morgan fingerprint density at radius 3 is 2.86 bits per heavy atom. The van der Waals surface area contributed by atoms with Gasteiger partial charge in [0.2, 0.25) is 0 Å². The lowest BCUT2D eigenvalue weighted by atomic mass is 10.1. The number of aliphatic carboxylic acids is 1. The quantitative estimate of drug-likeness (QED) is 0.814. The predicted octanol–water partition coefficient (Wildman–Crippen LogP) is 1.91. The van der Waals surface area contributed by atoms with Crippen LogP contribution in [0.2, 0.25) is 0 Å². The maximum Gasteiger partial charge on any atom is 0.305 e. The molecule has 2 heterocycles. The molecule has 0 aliphatic heterocycles. The van der Waals surface area contributed by atoms with E-state index in [1.54, 1.807) is 25.2 Å². The van der Waals surface area contributed by atoms with Crippen molar-refractivity contribution in [1.29, 1.82) is 0 Å². The molecule has 1 atom stereocenters. The largest absolute Gasteiger partial charge is 0.481 e. The standard InChI is InChI=1S/C15H19N3O4/c1-3-5-10-8-12(18(2)17-10)15(21)16-11(9-14(19)20)13-6-4-7-22-13/h4,6-8,11H,3,5,9H2,1-2H3,(H,16,21)(H,19,20)/t11-/m0/s1. The number of amides is 1. The van der Waals surface area contributed by atoms with E-state index in [9.17, 15) is 9.59 Å². The van der Waals surface area contributed by atoms with Gasteiger partial charge in [-0.15, -0.1) is 0 Å². The van der Waals surface area contributed by atoms with Crippen molar-refractivity contribution < 1.29 is 19.1 Å². The maximum absolute atomic E-state index is 12.4. The number of hydrogen-bond acceptors (Lipinski definition) is 4. The summed E-state index contributed by atoms with van der Waals surface area (Å²) < 4.78 is 6.71. The Morgan fingerprint density at radius 2 is 2.27 bits per heavy atom. The van der Waals surface area contributed by atoms with Gasteiger partial charge in [-0.1, -0.05) is 13.3 Å². The number of furan rings is 1. The summed E-state index contributed by atoms with van der Waals surface area (Å²) in [7, 11) is 1.69. The zero-order valence-corrected chi connectivity index (χ0v) is 12.6. The summed E-state index contributed by atoms with van der Waals surface area (Å²) in [5, 5.41) is 15.9. The Balaban J connectivity index is 2.15. The summed E-state index contributed by atoms with van der Waals surface area (Å²) in [5.74, 6) is -0.981. The lowest BCUT2D eigenvalue weighted by Crippen LogP contribution is -2.31. The molecule has 2 aromatic heterocycles. The van der Waals surface area contributed by atoms with E-state index in [0.717, 1.165) is 18.5 Å². The smallest absolute Gasteiger partial charge is 0.305 e. The van der Waals surface area contributed by atoms with Crippen molar-refractivity contribution in [3.05, 3.63) is 41.6 Å². The predicted molar refractivity (Wildman–Crippen MR) is 78.4 cm³/mol. The lowest BCUT2D eigenvalue weighted by molar-refractivity contribution is -0.137. The number of hydrogen-bond donors (Lipinski definition) is 2. The summed E-state index contributed by atoms with van der Waals surface area (Å²) in [6.45, 7) is 2.04. The molecule has 1 amide bonds. The van der Waals surface area contributed by atoms with Crippen LogP contribution in [0.5, 0.6) is 0 Å². The molecule has 22 heavy (non-hydrogen) atoms. The Bertz CT molecular complexity index is 646. The first kappa shape index (κ1) is 15.8. The van der Waals surface area contributed by atoms with Crippen molar-refractivity contribution in [3.8, 4) is 0 Å². The summed E-state index contributed by atoms with van der Waals surface area (Å²) in [4.78, 5) is 23.3. The Kier molecular flexibility index (Phi) is 4.98. The van der Waals surface area contributed by atoms with Crippen molar-refractivity contribution in [2.75, 3.05) is 0 Å². The number of carboxylic acids is 1. The van der Waals surface area contributed by atoms with E-state index >= 15 is 0 Å². The molecule has 2 rings (SSSR count). The third-order valence-electron chi connectivity index (χ3n) is 3.24. The van der Waals surface area contributed by atoms with E-state index < -0.39 is 12.0 Å². The van der Waals surface area contributed by atoms with Gasteiger partial charge in [0, 0.05) is 7.05 Å². The van der Waals surface area contributed by atoms with Crippen molar-refractivity contribution in [3.63, 3.8) is 0 Å². The fourth-order valence-corrected chi connectivity index (χ4v) is 2.24. The summed E-state index contributed by atoms with van der Waals surface area (Å²) >= 11 is 0. The van der Waals surface area contributed by atoms with Crippen LogP contribution in [0, 0.1) is 0 Å². The van der Waals surface area contributed by atoms with Crippen LogP contribution in [-0.4, -0.2) is 26.8 Å². The summed E-state index contributed by atoms with van der Waals surface area (Å²) in [6.07, 6.45) is 2.92. The van der Waals surface area contributed by atoms with Crippen LogP contribution < -0.4 is 5.32 Å². The van der Waals surface area contributed by atoms with E-state index in [4.69, 9.17) is 9.52 Å². The summed E-state index contributed by atoms with van der Waals surface area (Å²) in [5.41, 5.74) is 1.23. The highest BCUT2D eigenvalue weighted by Gasteiger charge is 2.23. The second-order valence-corrected chi connectivity index (χ2v) is 5.03. The number of nitrogens with zero attached hydrogens (tertiary/aromatic N) is 2. The molecular weight excluding hydrogens is 286 g/mol. The first-order valence-corrected chi connectivity index (χ1v) is 7.10. The van der Waals surface area contributed by atoms with Gasteiger partial charge in [-0.25, -0.2) is 0 Å². The minimum Gasteiger partial charge on any atom is -0.481 e. The van der Waals surface area contributed by atoms with E-state index in [0.29, 0.717) is 11.5 Å². The van der Waals surface area contributed by atoms with Crippen molar-refractivity contribution in [1.82, 2.24) is 15.1 Å². The Labute approximate surface area is 127 Å². The molecular formula is C15H19N3O4. The monoisotopic (exact) mass is 305 g/mol. The van der Waals surface area contributed by atoms with Gasteiger partial charge in [0.1, 0.15) is 11.5 Å². The first-order valence-electron chi connectivity index (χ1n) is 7.10. The minimum absolute atomic E-state index is 0.251. The third-order valence-corrected chi connectivity index (χ3v) is 3.24. The minimum atomic E-state index is -1.02. The van der Waals surface area contributed by atoms with Gasteiger partial charge in [0.05, 0.1) is 24.4 Å². The molecule has 0 fully saturated rings. The molecule has 0 unspecified atom stereocenters. The molecule has 2 N–H and O–H groups in total. The molecule has 0 saturated carbocycles. The SMILES string of the molecule is CCCc1cc(C(=O)N[C@@H](CC(=O)O)c2ccco2)n(C)n1. The van der Waals surface area contributed by atoms with Gasteiger partial charge in [0.25, 0.3) is 5.91 Å². The molecule has 0 radical (unpaired) electrons. The van der Waals surface area contributed by atoms with Crippen LogP contribution in [0.4, 0.5) is 0 Å². The van der Waals surface area contributed by atoms with Gasteiger partial charge in [-0.2, -0.15) is 5.10 Å². The van der Waals surface area contributed by atoms with E-state index in [1.165, 1.54) is 10.9 Å². The number of carbonyl (C=O) groups is 2. The maximum atomic E-state index is 12.4. The topological polar surface area (TPSA) is 97.4 Å².